The topological polar surface area (TPSA) is 54.7 Å². The van der Waals surface area contributed by atoms with Gasteiger partial charge in [-0.25, -0.2) is 4.98 Å². The molecule has 2 atom stereocenters. The maximum Gasteiger partial charge on any atom is 0.0921 e. The van der Waals surface area contributed by atoms with E-state index in [9.17, 15) is 0 Å². The number of H-pyrrole nitrogens is 1. The zero-order chi connectivity index (χ0) is 8.27. The van der Waals surface area contributed by atoms with Crippen molar-refractivity contribution in [2.24, 2.45) is 5.73 Å². The van der Waals surface area contributed by atoms with Crippen LogP contribution < -0.4 is 5.73 Å². The third-order valence-electron chi connectivity index (χ3n) is 1.83. The van der Waals surface area contributed by atoms with Crippen molar-refractivity contribution in [3.8, 4) is 0 Å². The lowest BCUT2D eigenvalue weighted by molar-refractivity contribution is 0.606. The number of rotatable bonds is 3. The molecule has 0 aromatic carbocycles. The van der Waals surface area contributed by atoms with E-state index in [0.717, 1.165) is 5.69 Å². The Hall–Kier alpha value is 0.0400. The van der Waals surface area contributed by atoms with Gasteiger partial charge < -0.3 is 10.7 Å². The maximum absolute atomic E-state index is 5.73. The van der Waals surface area contributed by atoms with Gasteiger partial charge in [0, 0.05) is 29.7 Å². The molecule has 0 spiro atoms. The van der Waals surface area contributed by atoms with Gasteiger partial charge in [0.15, 0.2) is 0 Å². The Kier molecular flexibility index (Phi) is 8.88. The number of nitrogens with two attached hydrogens (primary N) is 1. The first kappa shape index (κ1) is 15.5. The van der Waals surface area contributed by atoms with Crippen LogP contribution in [-0.4, -0.2) is 21.9 Å². The molecule has 1 aromatic rings. The van der Waals surface area contributed by atoms with Crippen LogP contribution in [0.4, 0.5) is 0 Å². The van der Waals surface area contributed by atoms with Gasteiger partial charge in [-0.3, -0.25) is 0 Å². The van der Waals surface area contributed by atoms with E-state index < -0.39 is 0 Å². The summed E-state index contributed by atoms with van der Waals surface area (Å²) in [4.78, 5) is 6.91. The second kappa shape index (κ2) is 7.44. The summed E-state index contributed by atoms with van der Waals surface area (Å²) in [7, 11) is 0. The number of halogens is 3. The predicted octanol–water partition coefficient (Wildman–Crippen LogP) is 1.92. The molecule has 0 radical (unpaired) electrons. The minimum absolute atomic E-state index is 0. The summed E-state index contributed by atoms with van der Waals surface area (Å²) in [5.74, 6) is 0.718. The Labute approximate surface area is 95.3 Å². The third-order valence-corrected chi connectivity index (χ3v) is 2.19. The molecule has 13 heavy (non-hydrogen) atoms. The van der Waals surface area contributed by atoms with Crippen molar-refractivity contribution in [1.29, 1.82) is 0 Å². The number of aromatic nitrogens is 2. The van der Waals surface area contributed by atoms with Crippen LogP contribution in [0.3, 0.4) is 0 Å². The lowest BCUT2D eigenvalue weighted by Crippen LogP contribution is -2.28. The molecule has 1 heterocycles. The van der Waals surface area contributed by atoms with Crippen LogP contribution in [0.1, 0.15) is 18.5 Å². The van der Waals surface area contributed by atoms with Crippen molar-refractivity contribution in [2.45, 2.75) is 18.9 Å². The molecule has 0 bridgehead atoms. The van der Waals surface area contributed by atoms with Crippen LogP contribution in [0.25, 0.3) is 0 Å². The molecule has 0 saturated carbocycles. The molecule has 3 nitrogen and oxygen atoms in total. The normalized spacial score (nSPS) is 13.8. The van der Waals surface area contributed by atoms with Crippen molar-refractivity contribution < 1.29 is 0 Å². The van der Waals surface area contributed by atoms with Crippen molar-refractivity contribution in [2.75, 3.05) is 5.88 Å². The Bertz CT molecular complexity index is 203. The lowest BCUT2D eigenvalue weighted by Gasteiger charge is -2.14. The fraction of sp³-hybridized carbons (Fsp3) is 0.571. The molecule has 2 unspecified atom stereocenters. The van der Waals surface area contributed by atoms with E-state index in [2.05, 4.69) is 9.97 Å². The minimum Gasteiger partial charge on any atom is -0.348 e. The van der Waals surface area contributed by atoms with Gasteiger partial charge in [0.25, 0.3) is 0 Å². The van der Waals surface area contributed by atoms with Crippen LogP contribution in [-0.2, 0) is 0 Å². The number of imidazole rings is 1. The van der Waals surface area contributed by atoms with E-state index in [1.54, 1.807) is 12.5 Å². The van der Waals surface area contributed by atoms with E-state index in [0.29, 0.717) is 5.88 Å². The van der Waals surface area contributed by atoms with E-state index in [-0.39, 0.29) is 36.8 Å². The van der Waals surface area contributed by atoms with Crippen LogP contribution in [0.5, 0.6) is 0 Å². The van der Waals surface area contributed by atoms with Gasteiger partial charge in [-0.15, -0.1) is 36.4 Å². The molecule has 0 aliphatic heterocycles. The summed E-state index contributed by atoms with van der Waals surface area (Å²) in [6, 6.07) is -0.00267. The first-order chi connectivity index (χ1) is 5.25. The van der Waals surface area contributed by atoms with Gasteiger partial charge >= 0.3 is 0 Å². The molecule has 1 rings (SSSR count). The van der Waals surface area contributed by atoms with Gasteiger partial charge in [0.1, 0.15) is 0 Å². The first-order valence-electron chi connectivity index (χ1n) is 3.55. The smallest absolute Gasteiger partial charge is 0.0921 e. The molecule has 1 aromatic heterocycles. The SMILES string of the molecule is CC(c1cnc[nH]1)C(N)CCl.Cl.Cl. The van der Waals surface area contributed by atoms with Gasteiger partial charge in [0.05, 0.1) is 6.33 Å². The van der Waals surface area contributed by atoms with Crippen LogP contribution >= 0.6 is 36.4 Å². The first-order valence-corrected chi connectivity index (χ1v) is 4.09. The molecule has 0 saturated heterocycles. The maximum atomic E-state index is 5.73. The molecule has 0 amide bonds. The fourth-order valence-electron chi connectivity index (χ4n) is 0.880. The quantitative estimate of drug-likeness (QED) is 0.801. The van der Waals surface area contributed by atoms with E-state index >= 15 is 0 Å². The van der Waals surface area contributed by atoms with E-state index in [1.807, 2.05) is 6.92 Å². The van der Waals surface area contributed by atoms with Gasteiger partial charge in [0.2, 0.25) is 0 Å². The number of hydrogen-bond donors (Lipinski definition) is 2. The van der Waals surface area contributed by atoms with Crippen LogP contribution in [0.2, 0.25) is 0 Å². The number of nitrogens with one attached hydrogen (secondary N) is 1. The number of alkyl halides is 1. The molecule has 78 valence electrons. The molecule has 6 heteroatoms. The third kappa shape index (κ3) is 4.18. The molecular weight excluding hydrogens is 232 g/mol. The Morgan fingerprint density at radius 3 is 2.62 bits per heavy atom. The van der Waals surface area contributed by atoms with E-state index in [1.165, 1.54) is 0 Å². The average Bonchev–Trinajstić information content (AvgIpc) is 2.53. The van der Waals surface area contributed by atoms with Gasteiger partial charge in [-0.05, 0) is 0 Å². The molecular formula is C7H14Cl3N3. The molecule has 3 N–H and O–H groups in total. The minimum atomic E-state index is -0.00267. The highest BCUT2D eigenvalue weighted by Crippen LogP contribution is 2.14. The number of nitrogens with zero attached hydrogens (tertiary/aromatic N) is 1. The summed E-state index contributed by atoms with van der Waals surface area (Å²) in [6.07, 6.45) is 3.42. The van der Waals surface area contributed by atoms with Crippen molar-refractivity contribution in [1.82, 2.24) is 9.97 Å². The number of aromatic amines is 1. The largest absolute Gasteiger partial charge is 0.348 e. The number of hydrogen-bond acceptors (Lipinski definition) is 2. The van der Waals surface area contributed by atoms with Gasteiger partial charge in [-0.1, -0.05) is 6.92 Å². The Morgan fingerprint density at radius 2 is 2.23 bits per heavy atom. The standard InChI is InChI=1S/C7H12ClN3.2ClH/c1-5(6(9)2-8)7-3-10-4-11-7;;/h3-6H,2,9H2,1H3,(H,10,11);2*1H. The van der Waals surface area contributed by atoms with Gasteiger partial charge in [-0.2, -0.15) is 0 Å². The second-order valence-corrected chi connectivity index (χ2v) is 2.92. The highest BCUT2D eigenvalue weighted by atomic mass is 35.5. The predicted molar refractivity (Wildman–Crippen MR) is 60.2 cm³/mol. The average molecular weight is 247 g/mol. The second-order valence-electron chi connectivity index (χ2n) is 2.61. The van der Waals surface area contributed by atoms with Crippen LogP contribution in [0, 0.1) is 0 Å². The Balaban J connectivity index is 0. The zero-order valence-corrected chi connectivity index (χ0v) is 9.62. The fourth-order valence-corrected chi connectivity index (χ4v) is 1.15. The van der Waals surface area contributed by atoms with Crippen LogP contribution in [0.15, 0.2) is 12.5 Å². The summed E-state index contributed by atoms with van der Waals surface area (Å²) in [5, 5.41) is 0. The zero-order valence-electron chi connectivity index (χ0n) is 7.24. The monoisotopic (exact) mass is 245 g/mol. The Morgan fingerprint density at radius 1 is 1.62 bits per heavy atom. The van der Waals surface area contributed by atoms with Crippen molar-refractivity contribution in [3.63, 3.8) is 0 Å². The summed E-state index contributed by atoms with van der Waals surface area (Å²) in [6.45, 7) is 2.03. The summed E-state index contributed by atoms with van der Waals surface area (Å²) in [5.41, 5.74) is 6.77. The highest BCUT2D eigenvalue weighted by molar-refractivity contribution is 6.18. The molecule has 0 aliphatic rings. The van der Waals surface area contributed by atoms with E-state index in [4.69, 9.17) is 17.3 Å². The molecule has 0 fully saturated rings. The summed E-state index contributed by atoms with van der Waals surface area (Å²) >= 11 is 5.60. The highest BCUT2D eigenvalue weighted by Gasteiger charge is 2.14. The van der Waals surface area contributed by atoms with Crippen molar-refractivity contribution in [3.05, 3.63) is 18.2 Å². The lowest BCUT2D eigenvalue weighted by atomic mass is 10.0. The summed E-state index contributed by atoms with van der Waals surface area (Å²) < 4.78 is 0. The molecule has 0 aliphatic carbocycles. The van der Waals surface area contributed by atoms with Crippen molar-refractivity contribution >= 4 is 36.4 Å².